The van der Waals surface area contributed by atoms with Gasteiger partial charge in [-0.25, -0.2) is 17.9 Å². The SMILES string of the molecule is Cc1ccc(S(=O)(=O)NC(N)=NCCC[C@H](NC(=O)[C@@H]2CCCN2C(=O)[C@@H](Cc2ccccc2)N(C)C(=O)OCc2ccccc2)C(=O)c2ccccn2)cc1. The first-order valence-corrected chi connectivity index (χ1v) is 19.8. The number of nitrogens with zero attached hydrogens (tertiary/aromatic N) is 4. The Labute approximate surface area is 327 Å². The second-order valence-corrected chi connectivity index (χ2v) is 15.2. The number of sulfonamides is 1. The summed E-state index contributed by atoms with van der Waals surface area (Å²) in [5, 5.41) is 2.85. The molecule has 0 radical (unpaired) electrons. The van der Waals surface area contributed by atoms with Gasteiger partial charge in [0.05, 0.1) is 10.9 Å². The number of Topliss-reactive ketones (excluding diaryl/α,β-unsaturated/α-hetero) is 1. The van der Waals surface area contributed by atoms with Gasteiger partial charge in [-0.15, -0.1) is 0 Å². The van der Waals surface area contributed by atoms with Gasteiger partial charge < -0.3 is 20.7 Å². The third-order valence-electron chi connectivity index (χ3n) is 9.41. The van der Waals surface area contributed by atoms with Crippen molar-refractivity contribution in [2.45, 2.75) is 68.7 Å². The smallest absolute Gasteiger partial charge is 0.410 e. The lowest BCUT2D eigenvalue weighted by Gasteiger charge is -2.33. The summed E-state index contributed by atoms with van der Waals surface area (Å²) in [7, 11) is -2.44. The Hall–Kier alpha value is -6.09. The average molecular weight is 782 g/mol. The van der Waals surface area contributed by atoms with Crippen molar-refractivity contribution >= 4 is 39.7 Å². The zero-order chi connectivity index (χ0) is 40.1. The van der Waals surface area contributed by atoms with E-state index in [0.717, 1.165) is 16.7 Å². The Bertz CT molecular complexity index is 2090. The van der Waals surface area contributed by atoms with Gasteiger partial charge in [0.25, 0.3) is 10.0 Å². The standard InChI is InChI=1S/C41H47N7O7S/c1-29-20-22-32(23-21-29)56(53,54)46-40(42)44-25-11-18-34(37(49)33-17-9-10-24-43-33)45-38(50)35-19-12-26-48(35)39(51)36(27-30-13-5-3-6-14-30)47(2)41(52)55-28-31-15-7-4-8-16-31/h3-10,13-17,20-24,34-36H,11-12,18-19,25-28H2,1-2H3,(H,45,50)(H3,42,44,46)/t34-,35-,36+/m0/s1. The molecule has 0 saturated carbocycles. The van der Waals surface area contributed by atoms with E-state index in [1.807, 2.05) is 67.6 Å². The maximum absolute atomic E-state index is 14.3. The number of guanidine groups is 1. The van der Waals surface area contributed by atoms with Crippen LogP contribution >= 0.6 is 0 Å². The summed E-state index contributed by atoms with van der Waals surface area (Å²) in [6.45, 7) is 2.19. The molecule has 14 nitrogen and oxygen atoms in total. The molecule has 4 N–H and O–H groups in total. The third-order valence-corrected chi connectivity index (χ3v) is 10.8. The van der Waals surface area contributed by atoms with Crippen LogP contribution in [0.25, 0.3) is 0 Å². The summed E-state index contributed by atoms with van der Waals surface area (Å²) < 4.78 is 33.3. The number of hydrogen-bond acceptors (Lipinski definition) is 9. The molecule has 3 aromatic carbocycles. The Morgan fingerprint density at radius 1 is 0.946 bits per heavy atom. The maximum Gasteiger partial charge on any atom is 0.410 e. The maximum atomic E-state index is 14.3. The van der Waals surface area contributed by atoms with Crippen LogP contribution in [-0.2, 0) is 37.4 Å². The molecule has 1 aliphatic rings. The number of benzene rings is 3. The molecule has 2 heterocycles. The number of aryl methyl sites for hydroxylation is 1. The van der Waals surface area contributed by atoms with E-state index < -0.39 is 51.8 Å². The summed E-state index contributed by atoms with van der Waals surface area (Å²) in [6, 6.07) is 26.7. The number of rotatable bonds is 16. The minimum absolute atomic E-state index is 0.0254. The molecule has 294 valence electrons. The number of ether oxygens (including phenoxy) is 1. The molecule has 0 bridgehead atoms. The van der Waals surface area contributed by atoms with Crippen molar-refractivity contribution in [2.75, 3.05) is 20.1 Å². The first-order valence-electron chi connectivity index (χ1n) is 18.4. The van der Waals surface area contributed by atoms with E-state index in [9.17, 15) is 27.6 Å². The Kier molecular flexibility index (Phi) is 14.3. The highest BCUT2D eigenvalue weighted by Gasteiger charge is 2.41. The number of amides is 3. The monoisotopic (exact) mass is 781 g/mol. The van der Waals surface area contributed by atoms with E-state index in [1.165, 1.54) is 35.2 Å². The van der Waals surface area contributed by atoms with Crippen LogP contribution in [0, 0.1) is 6.92 Å². The van der Waals surface area contributed by atoms with Crippen LogP contribution in [-0.4, -0.2) is 91.1 Å². The molecule has 1 saturated heterocycles. The first kappa shape index (κ1) is 41.1. The highest BCUT2D eigenvalue weighted by atomic mass is 32.2. The summed E-state index contributed by atoms with van der Waals surface area (Å²) >= 11 is 0. The number of nitrogens with one attached hydrogen (secondary N) is 2. The molecule has 0 spiro atoms. The molecule has 0 unspecified atom stereocenters. The summed E-state index contributed by atoms with van der Waals surface area (Å²) in [6.07, 6.45) is 2.24. The molecule has 1 fully saturated rings. The molecule has 5 rings (SSSR count). The highest BCUT2D eigenvalue weighted by Crippen LogP contribution is 2.23. The lowest BCUT2D eigenvalue weighted by atomic mass is 10.0. The predicted molar refractivity (Wildman–Crippen MR) is 211 cm³/mol. The molecule has 3 atom stereocenters. The fourth-order valence-corrected chi connectivity index (χ4v) is 7.29. The molecular weight excluding hydrogens is 735 g/mol. The number of aliphatic imine (C=N–C) groups is 1. The van der Waals surface area contributed by atoms with Crippen molar-refractivity contribution in [1.29, 1.82) is 0 Å². The van der Waals surface area contributed by atoms with E-state index >= 15 is 0 Å². The largest absolute Gasteiger partial charge is 0.445 e. The van der Waals surface area contributed by atoms with Crippen molar-refractivity contribution in [1.82, 2.24) is 24.8 Å². The van der Waals surface area contributed by atoms with Gasteiger partial charge in [0.15, 0.2) is 0 Å². The van der Waals surface area contributed by atoms with Gasteiger partial charge in [0, 0.05) is 32.8 Å². The number of aromatic nitrogens is 1. The van der Waals surface area contributed by atoms with Crippen molar-refractivity contribution in [3.63, 3.8) is 0 Å². The summed E-state index contributed by atoms with van der Waals surface area (Å²) in [4.78, 5) is 66.4. The Balaban J connectivity index is 1.27. The van der Waals surface area contributed by atoms with Crippen LogP contribution in [0.4, 0.5) is 4.79 Å². The number of carbonyl (C=O) groups excluding carboxylic acids is 4. The van der Waals surface area contributed by atoms with Crippen LogP contribution in [0.2, 0.25) is 0 Å². The van der Waals surface area contributed by atoms with Gasteiger partial charge in [-0.05, 0) is 68.0 Å². The van der Waals surface area contributed by atoms with E-state index in [-0.39, 0.29) is 55.5 Å². The van der Waals surface area contributed by atoms with Crippen LogP contribution in [0.1, 0.15) is 52.9 Å². The molecule has 4 aromatic rings. The lowest BCUT2D eigenvalue weighted by Crippen LogP contribution is -2.56. The van der Waals surface area contributed by atoms with Gasteiger partial charge in [-0.1, -0.05) is 84.4 Å². The van der Waals surface area contributed by atoms with Gasteiger partial charge in [0.2, 0.25) is 23.6 Å². The van der Waals surface area contributed by atoms with Gasteiger partial charge in [0.1, 0.15) is 24.4 Å². The van der Waals surface area contributed by atoms with Crippen LogP contribution in [0.15, 0.2) is 119 Å². The normalized spacial score (nSPS) is 15.4. The zero-order valence-electron chi connectivity index (χ0n) is 31.4. The molecule has 0 aliphatic carbocycles. The topological polar surface area (TPSA) is 193 Å². The molecular formula is C41H47N7O7S. The van der Waals surface area contributed by atoms with Crippen molar-refractivity contribution < 1.29 is 32.3 Å². The highest BCUT2D eigenvalue weighted by molar-refractivity contribution is 7.90. The predicted octanol–water partition coefficient (Wildman–Crippen LogP) is 4.00. The number of ketones is 1. The minimum Gasteiger partial charge on any atom is -0.445 e. The van der Waals surface area contributed by atoms with Crippen LogP contribution < -0.4 is 15.8 Å². The second kappa shape index (κ2) is 19.5. The van der Waals surface area contributed by atoms with Crippen LogP contribution in [0.3, 0.4) is 0 Å². The Morgan fingerprint density at radius 3 is 2.27 bits per heavy atom. The zero-order valence-corrected chi connectivity index (χ0v) is 32.2. The van der Waals surface area contributed by atoms with Crippen LogP contribution in [0.5, 0.6) is 0 Å². The fourth-order valence-electron chi connectivity index (χ4n) is 6.34. The lowest BCUT2D eigenvalue weighted by molar-refractivity contribution is -0.142. The third kappa shape index (κ3) is 11.2. The Morgan fingerprint density at radius 2 is 1.61 bits per heavy atom. The first-order chi connectivity index (χ1) is 26.9. The number of pyridine rings is 1. The van der Waals surface area contributed by atoms with Crippen molar-refractivity contribution in [2.24, 2.45) is 10.7 Å². The van der Waals surface area contributed by atoms with E-state index in [2.05, 4.69) is 20.0 Å². The molecule has 15 heteroatoms. The van der Waals surface area contributed by atoms with E-state index in [4.69, 9.17) is 10.5 Å². The number of hydrogen-bond donors (Lipinski definition) is 3. The molecule has 1 aromatic heterocycles. The minimum atomic E-state index is -3.95. The average Bonchev–Trinajstić information content (AvgIpc) is 3.71. The number of nitrogens with two attached hydrogens (primary N) is 1. The fraction of sp³-hybridized carbons (Fsp3) is 0.317. The summed E-state index contributed by atoms with van der Waals surface area (Å²) in [5.41, 5.74) is 8.56. The van der Waals surface area contributed by atoms with Gasteiger partial charge in [-0.2, -0.15) is 0 Å². The number of carbonyl (C=O) groups is 4. The van der Waals surface area contributed by atoms with E-state index in [0.29, 0.717) is 12.8 Å². The van der Waals surface area contributed by atoms with E-state index in [1.54, 1.807) is 30.3 Å². The molecule has 3 amide bonds. The van der Waals surface area contributed by atoms with Crippen molar-refractivity contribution in [3.8, 4) is 0 Å². The quantitative estimate of drug-likeness (QED) is 0.0652. The molecule has 1 aliphatic heterocycles. The van der Waals surface area contributed by atoms with Crippen molar-refractivity contribution in [3.05, 3.63) is 132 Å². The van der Waals surface area contributed by atoms with Gasteiger partial charge in [-0.3, -0.25) is 29.3 Å². The number of likely N-dealkylation sites (N-methyl/N-ethyl adjacent to an activating group) is 1. The molecule has 56 heavy (non-hydrogen) atoms. The summed E-state index contributed by atoms with van der Waals surface area (Å²) in [5.74, 6) is -1.70. The number of likely N-dealkylation sites (tertiary alicyclic amines) is 1. The van der Waals surface area contributed by atoms with Gasteiger partial charge >= 0.3 is 6.09 Å². The second-order valence-electron chi connectivity index (χ2n) is 13.5.